The zero-order valence-electron chi connectivity index (χ0n) is 11.7. The van der Waals surface area contributed by atoms with Gasteiger partial charge in [0.15, 0.2) is 11.5 Å². The van der Waals surface area contributed by atoms with Gasteiger partial charge in [0.05, 0.1) is 0 Å². The van der Waals surface area contributed by atoms with Crippen molar-refractivity contribution in [2.45, 2.75) is 38.1 Å². The molecule has 0 amide bonds. The molecule has 4 nitrogen and oxygen atoms in total. The molecule has 108 valence electrons. The third kappa shape index (κ3) is 2.97. The molecule has 1 heterocycles. The lowest BCUT2D eigenvalue weighted by Gasteiger charge is -2.23. The van der Waals surface area contributed by atoms with Crippen LogP contribution >= 0.6 is 0 Å². The lowest BCUT2D eigenvalue weighted by Crippen LogP contribution is -2.28. The Morgan fingerprint density at radius 1 is 1.15 bits per heavy atom. The van der Waals surface area contributed by atoms with E-state index in [4.69, 9.17) is 15.3 Å². The van der Waals surface area contributed by atoms with E-state index in [9.17, 15) is 0 Å². The lowest BCUT2D eigenvalue weighted by molar-refractivity contribution is 0.171. The maximum atomic E-state index is 5.75. The van der Waals surface area contributed by atoms with E-state index in [1.165, 1.54) is 31.3 Å². The first-order chi connectivity index (χ1) is 9.86. The highest BCUT2D eigenvalue weighted by Gasteiger charge is 2.18. The van der Waals surface area contributed by atoms with E-state index in [0.717, 1.165) is 23.5 Å². The van der Waals surface area contributed by atoms with Crippen LogP contribution in [0, 0.1) is 0 Å². The fourth-order valence-electron chi connectivity index (χ4n) is 2.90. The second-order valence-electron chi connectivity index (χ2n) is 5.43. The fourth-order valence-corrected chi connectivity index (χ4v) is 2.90. The second kappa shape index (κ2) is 6.29. The molecule has 1 aliphatic carbocycles. The molecular weight excluding hydrogens is 252 g/mol. The number of allylic oxidation sites excluding steroid dienone is 1. The van der Waals surface area contributed by atoms with Crippen molar-refractivity contribution in [3.63, 3.8) is 0 Å². The van der Waals surface area contributed by atoms with Crippen LogP contribution in [0.4, 0.5) is 0 Å². The first-order valence-corrected chi connectivity index (χ1v) is 7.40. The molecule has 1 aromatic rings. The van der Waals surface area contributed by atoms with Crippen LogP contribution in [-0.2, 0) is 0 Å². The van der Waals surface area contributed by atoms with Gasteiger partial charge in [0.2, 0.25) is 0 Å². The van der Waals surface area contributed by atoms with Crippen LogP contribution in [0.2, 0.25) is 0 Å². The van der Waals surface area contributed by atoms with E-state index in [2.05, 4.69) is 17.6 Å². The predicted octanol–water partition coefficient (Wildman–Crippen LogP) is 2.85. The predicted molar refractivity (Wildman–Crippen MR) is 78.7 cm³/mol. The zero-order chi connectivity index (χ0) is 13.8. The van der Waals surface area contributed by atoms with Crippen LogP contribution in [0.3, 0.4) is 0 Å². The van der Waals surface area contributed by atoms with Gasteiger partial charge in [-0.3, -0.25) is 11.3 Å². The summed E-state index contributed by atoms with van der Waals surface area (Å²) in [7, 11) is 0. The molecule has 1 atom stereocenters. The van der Waals surface area contributed by atoms with Gasteiger partial charge < -0.3 is 9.47 Å². The highest BCUT2D eigenvalue weighted by Crippen LogP contribution is 2.34. The van der Waals surface area contributed by atoms with Crippen molar-refractivity contribution in [3.8, 4) is 11.5 Å². The zero-order valence-corrected chi connectivity index (χ0v) is 11.7. The van der Waals surface area contributed by atoms with Crippen molar-refractivity contribution < 1.29 is 9.47 Å². The average molecular weight is 274 g/mol. The summed E-state index contributed by atoms with van der Waals surface area (Å²) in [4.78, 5) is 0. The summed E-state index contributed by atoms with van der Waals surface area (Å²) in [5, 5.41) is 0. The Morgan fingerprint density at radius 3 is 2.75 bits per heavy atom. The molecule has 0 fully saturated rings. The van der Waals surface area contributed by atoms with Crippen LogP contribution in [-0.4, -0.2) is 13.2 Å². The number of fused-ring (bicyclic) bond motifs is 1. The third-order valence-corrected chi connectivity index (χ3v) is 4.02. The van der Waals surface area contributed by atoms with Gasteiger partial charge in [0.25, 0.3) is 0 Å². The Hall–Kier alpha value is -1.52. The van der Waals surface area contributed by atoms with E-state index in [1.54, 1.807) is 0 Å². The molecule has 4 heteroatoms. The topological polar surface area (TPSA) is 56.5 Å². The SMILES string of the molecule is NNC(CC1=CCCCC1)c1ccc2c(c1)OCCO2. The Labute approximate surface area is 119 Å². The van der Waals surface area contributed by atoms with Crippen molar-refractivity contribution >= 4 is 0 Å². The van der Waals surface area contributed by atoms with Gasteiger partial charge in [-0.1, -0.05) is 17.7 Å². The van der Waals surface area contributed by atoms with Crippen LogP contribution in [0.1, 0.15) is 43.7 Å². The van der Waals surface area contributed by atoms with Crippen LogP contribution in [0.5, 0.6) is 11.5 Å². The molecule has 1 aliphatic heterocycles. The Kier molecular flexibility index (Phi) is 4.23. The average Bonchev–Trinajstić information content (AvgIpc) is 2.53. The molecule has 0 spiro atoms. The van der Waals surface area contributed by atoms with Crippen molar-refractivity contribution in [2.24, 2.45) is 5.84 Å². The largest absolute Gasteiger partial charge is 0.486 e. The van der Waals surface area contributed by atoms with Crippen molar-refractivity contribution in [1.29, 1.82) is 0 Å². The van der Waals surface area contributed by atoms with E-state index in [-0.39, 0.29) is 6.04 Å². The molecule has 0 saturated carbocycles. The molecule has 3 rings (SSSR count). The molecular formula is C16H22N2O2. The smallest absolute Gasteiger partial charge is 0.161 e. The van der Waals surface area contributed by atoms with E-state index < -0.39 is 0 Å². The summed E-state index contributed by atoms with van der Waals surface area (Å²) >= 11 is 0. The first-order valence-electron chi connectivity index (χ1n) is 7.40. The lowest BCUT2D eigenvalue weighted by atomic mass is 9.91. The summed E-state index contributed by atoms with van der Waals surface area (Å²) in [5.41, 5.74) is 5.60. The monoisotopic (exact) mass is 274 g/mol. The maximum Gasteiger partial charge on any atom is 0.161 e. The minimum absolute atomic E-state index is 0.134. The second-order valence-corrected chi connectivity index (χ2v) is 5.43. The Bertz CT molecular complexity index is 499. The van der Waals surface area contributed by atoms with Gasteiger partial charge in [0.1, 0.15) is 13.2 Å². The Balaban J connectivity index is 1.76. The number of hydrogen-bond acceptors (Lipinski definition) is 4. The van der Waals surface area contributed by atoms with Gasteiger partial charge in [-0.25, -0.2) is 0 Å². The standard InChI is InChI=1S/C16H22N2O2/c17-18-14(10-12-4-2-1-3-5-12)13-6-7-15-16(11-13)20-9-8-19-15/h4,6-7,11,14,18H,1-3,5,8-10,17H2. The van der Waals surface area contributed by atoms with Crippen LogP contribution < -0.4 is 20.7 Å². The minimum Gasteiger partial charge on any atom is -0.486 e. The number of nitrogens with two attached hydrogens (primary N) is 1. The number of nitrogens with one attached hydrogen (secondary N) is 1. The van der Waals surface area contributed by atoms with Gasteiger partial charge in [-0.15, -0.1) is 0 Å². The molecule has 20 heavy (non-hydrogen) atoms. The number of rotatable bonds is 4. The molecule has 3 N–H and O–H groups in total. The summed E-state index contributed by atoms with van der Waals surface area (Å²) in [6, 6.07) is 6.22. The van der Waals surface area contributed by atoms with Crippen molar-refractivity contribution in [3.05, 3.63) is 35.4 Å². The fraction of sp³-hybridized carbons (Fsp3) is 0.500. The van der Waals surface area contributed by atoms with Crippen LogP contribution in [0.25, 0.3) is 0 Å². The molecule has 0 bridgehead atoms. The Morgan fingerprint density at radius 2 is 2.00 bits per heavy atom. The van der Waals surface area contributed by atoms with Gasteiger partial charge in [-0.2, -0.15) is 0 Å². The number of hydrogen-bond donors (Lipinski definition) is 2. The summed E-state index contributed by atoms with van der Waals surface area (Å²) in [6.45, 7) is 1.24. The van der Waals surface area contributed by atoms with Gasteiger partial charge in [-0.05, 0) is 49.8 Å². The summed E-state index contributed by atoms with van der Waals surface area (Å²) < 4.78 is 11.2. The molecule has 0 saturated heterocycles. The van der Waals surface area contributed by atoms with Crippen LogP contribution in [0.15, 0.2) is 29.8 Å². The third-order valence-electron chi connectivity index (χ3n) is 4.02. The summed E-state index contributed by atoms with van der Waals surface area (Å²) in [5.74, 6) is 7.40. The van der Waals surface area contributed by atoms with Crippen molar-refractivity contribution in [2.75, 3.05) is 13.2 Å². The van der Waals surface area contributed by atoms with E-state index in [1.807, 2.05) is 12.1 Å². The summed E-state index contributed by atoms with van der Waals surface area (Å²) in [6.07, 6.45) is 8.34. The molecule has 2 aliphatic rings. The molecule has 1 aromatic carbocycles. The molecule has 1 unspecified atom stereocenters. The highest BCUT2D eigenvalue weighted by atomic mass is 16.6. The van der Waals surface area contributed by atoms with E-state index >= 15 is 0 Å². The maximum absolute atomic E-state index is 5.75. The van der Waals surface area contributed by atoms with Gasteiger partial charge in [0, 0.05) is 6.04 Å². The van der Waals surface area contributed by atoms with E-state index in [0.29, 0.717) is 13.2 Å². The quantitative estimate of drug-likeness (QED) is 0.503. The molecule has 0 aromatic heterocycles. The normalized spacial score (nSPS) is 19.4. The number of hydrazine groups is 1. The highest BCUT2D eigenvalue weighted by molar-refractivity contribution is 5.44. The van der Waals surface area contributed by atoms with Gasteiger partial charge >= 0.3 is 0 Å². The minimum atomic E-state index is 0.134. The number of ether oxygens (including phenoxy) is 2. The molecule has 0 radical (unpaired) electrons. The van der Waals surface area contributed by atoms with Crippen molar-refractivity contribution in [1.82, 2.24) is 5.43 Å². The number of benzene rings is 1. The first kappa shape index (κ1) is 13.5.